The largest absolute Gasteiger partial charge is 0.481 e. The van der Waals surface area contributed by atoms with Crippen LogP contribution in [0.1, 0.15) is 116 Å². The van der Waals surface area contributed by atoms with Gasteiger partial charge in [-0.1, -0.05) is 96.1 Å². The van der Waals surface area contributed by atoms with Crippen LogP contribution in [0.25, 0.3) is 0 Å². The van der Waals surface area contributed by atoms with Gasteiger partial charge < -0.3 is 5.11 Å². The molecular formula is C22H40O3. The Labute approximate surface area is 155 Å². The smallest absolute Gasteiger partial charge is 0.310 e. The van der Waals surface area contributed by atoms with E-state index in [4.69, 9.17) is 5.11 Å². The van der Waals surface area contributed by atoms with E-state index in [2.05, 4.69) is 13.0 Å². The number of rotatable bonds is 19. The van der Waals surface area contributed by atoms with Crippen LogP contribution >= 0.6 is 0 Å². The summed E-state index contributed by atoms with van der Waals surface area (Å²) in [6.07, 6.45) is 23.7. The van der Waals surface area contributed by atoms with E-state index in [0.717, 1.165) is 6.42 Å². The van der Waals surface area contributed by atoms with Gasteiger partial charge in [-0.15, -0.1) is 0 Å². The van der Waals surface area contributed by atoms with Crippen molar-refractivity contribution in [3.05, 3.63) is 12.2 Å². The van der Waals surface area contributed by atoms with Gasteiger partial charge in [0.05, 0.1) is 0 Å². The van der Waals surface area contributed by atoms with Crippen molar-refractivity contribution >= 4 is 11.8 Å². The molecule has 0 atom stereocenters. The van der Waals surface area contributed by atoms with E-state index in [1.54, 1.807) is 0 Å². The van der Waals surface area contributed by atoms with Crippen molar-refractivity contribution in [1.82, 2.24) is 0 Å². The van der Waals surface area contributed by atoms with Crippen molar-refractivity contribution in [1.29, 1.82) is 0 Å². The number of carbonyl (C=O) groups is 2. The summed E-state index contributed by atoms with van der Waals surface area (Å²) in [7, 11) is 0. The number of allylic oxidation sites excluding steroid dienone is 2. The lowest BCUT2D eigenvalue weighted by atomic mass is 10.0. The molecule has 0 radical (unpaired) electrons. The Balaban J connectivity index is 3.17. The molecule has 0 fully saturated rings. The van der Waals surface area contributed by atoms with E-state index in [-0.39, 0.29) is 12.2 Å². The van der Waals surface area contributed by atoms with Crippen LogP contribution in [0, 0.1) is 0 Å². The fourth-order valence-corrected chi connectivity index (χ4v) is 3.02. The molecule has 0 aliphatic rings. The lowest BCUT2D eigenvalue weighted by molar-refractivity contribution is -0.140. The van der Waals surface area contributed by atoms with Crippen LogP contribution in [0.15, 0.2) is 12.2 Å². The number of carboxylic acid groups (broad SMARTS) is 1. The van der Waals surface area contributed by atoms with Crippen molar-refractivity contribution in [2.24, 2.45) is 0 Å². The van der Waals surface area contributed by atoms with Crippen molar-refractivity contribution < 1.29 is 14.7 Å². The Kier molecular flexibility index (Phi) is 18.3. The fourth-order valence-electron chi connectivity index (χ4n) is 3.02. The number of hydrogen-bond acceptors (Lipinski definition) is 2. The lowest BCUT2D eigenvalue weighted by Gasteiger charge is -2.02. The zero-order valence-corrected chi connectivity index (χ0v) is 16.4. The summed E-state index contributed by atoms with van der Waals surface area (Å²) in [6.45, 7) is 2.27. The van der Waals surface area contributed by atoms with Gasteiger partial charge in [-0.3, -0.25) is 9.59 Å². The van der Waals surface area contributed by atoms with Crippen molar-refractivity contribution in [2.45, 2.75) is 116 Å². The molecule has 0 aliphatic carbocycles. The predicted octanol–water partition coefficient (Wildman–Crippen LogP) is 6.85. The van der Waals surface area contributed by atoms with E-state index >= 15 is 0 Å². The number of carboxylic acids is 1. The molecule has 0 aromatic rings. The molecule has 3 nitrogen and oxygen atoms in total. The Morgan fingerprint density at radius 2 is 1.12 bits per heavy atom. The summed E-state index contributed by atoms with van der Waals surface area (Å²) in [5.41, 5.74) is 0. The molecule has 0 unspecified atom stereocenters. The maximum Gasteiger partial charge on any atom is 0.310 e. The predicted molar refractivity (Wildman–Crippen MR) is 106 cm³/mol. The highest BCUT2D eigenvalue weighted by Gasteiger charge is 2.05. The van der Waals surface area contributed by atoms with Crippen LogP contribution in [-0.4, -0.2) is 16.9 Å². The third-order valence-electron chi connectivity index (χ3n) is 4.58. The lowest BCUT2D eigenvalue weighted by Crippen LogP contribution is -2.05. The molecule has 1 N–H and O–H groups in total. The average Bonchev–Trinajstić information content (AvgIpc) is 2.57. The molecule has 0 spiro atoms. The zero-order valence-electron chi connectivity index (χ0n) is 16.4. The molecule has 0 saturated carbocycles. The number of Topliss-reactive ketones (excluding diaryl/α,β-unsaturated/α-hetero) is 1. The van der Waals surface area contributed by atoms with Gasteiger partial charge in [0.2, 0.25) is 0 Å². The average molecular weight is 353 g/mol. The summed E-state index contributed by atoms with van der Waals surface area (Å²) >= 11 is 0. The van der Waals surface area contributed by atoms with Crippen molar-refractivity contribution in [3.8, 4) is 0 Å². The van der Waals surface area contributed by atoms with Crippen LogP contribution in [0.4, 0.5) is 0 Å². The van der Waals surface area contributed by atoms with Crippen LogP contribution in [0.3, 0.4) is 0 Å². The highest BCUT2D eigenvalue weighted by atomic mass is 16.4. The topological polar surface area (TPSA) is 54.4 Å². The molecule has 146 valence electrons. The second-order valence-electron chi connectivity index (χ2n) is 7.15. The van der Waals surface area contributed by atoms with Gasteiger partial charge in [-0.05, 0) is 19.3 Å². The quantitative estimate of drug-likeness (QED) is 0.157. The normalized spacial score (nSPS) is 11.2. The highest BCUT2D eigenvalue weighted by molar-refractivity contribution is 5.94. The van der Waals surface area contributed by atoms with Gasteiger partial charge in [0.1, 0.15) is 12.2 Å². The second kappa shape index (κ2) is 19.2. The van der Waals surface area contributed by atoms with Gasteiger partial charge in [0.25, 0.3) is 0 Å². The zero-order chi connectivity index (χ0) is 18.6. The SMILES string of the molecule is CCCCCCCCCCCCCCCC=CCCC(=O)CC(=O)O. The summed E-state index contributed by atoms with van der Waals surface area (Å²) in [5.74, 6) is -1.21. The van der Waals surface area contributed by atoms with E-state index < -0.39 is 5.97 Å². The Hall–Kier alpha value is -1.12. The first-order chi connectivity index (χ1) is 12.2. The first kappa shape index (κ1) is 23.9. The minimum absolute atomic E-state index is 0.182. The van der Waals surface area contributed by atoms with E-state index in [1.807, 2.05) is 6.08 Å². The van der Waals surface area contributed by atoms with Crippen LogP contribution in [0.2, 0.25) is 0 Å². The Morgan fingerprint density at radius 3 is 1.60 bits per heavy atom. The molecule has 0 aliphatic heterocycles. The number of aliphatic carboxylic acids is 1. The molecule has 0 rings (SSSR count). The van der Waals surface area contributed by atoms with Crippen LogP contribution in [-0.2, 0) is 9.59 Å². The van der Waals surface area contributed by atoms with Crippen LogP contribution < -0.4 is 0 Å². The van der Waals surface area contributed by atoms with Crippen LogP contribution in [0.5, 0.6) is 0 Å². The monoisotopic (exact) mass is 352 g/mol. The summed E-state index contributed by atoms with van der Waals surface area (Å²) < 4.78 is 0. The minimum atomic E-state index is -1.03. The van der Waals surface area contributed by atoms with Gasteiger partial charge in [0, 0.05) is 6.42 Å². The maximum absolute atomic E-state index is 11.2. The molecule has 25 heavy (non-hydrogen) atoms. The number of hydrogen-bond donors (Lipinski definition) is 1. The Morgan fingerprint density at radius 1 is 0.680 bits per heavy atom. The summed E-state index contributed by atoms with van der Waals surface area (Å²) in [6, 6.07) is 0. The summed E-state index contributed by atoms with van der Waals surface area (Å²) in [5, 5.41) is 8.49. The molecule has 0 amide bonds. The van der Waals surface area contributed by atoms with Gasteiger partial charge >= 0.3 is 5.97 Å². The number of unbranched alkanes of at least 4 members (excludes halogenated alkanes) is 13. The molecular weight excluding hydrogens is 312 g/mol. The van der Waals surface area contributed by atoms with Crippen molar-refractivity contribution in [2.75, 3.05) is 0 Å². The Bertz CT molecular complexity index is 347. The number of carbonyl (C=O) groups excluding carboxylic acids is 1. The highest BCUT2D eigenvalue weighted by Crippen LogP contribution is 2.13. The fraction of sp³-hybridized carbons (Fsp3) is 0.818. The number of ketones is 1. The van der Waals surface area contributed by atoms with Gasteiger partial charge in [-0.25, -0.2) is 0 Å². The molecule has 0 bridgehead atoms. The third kappa shape index (κ3) is 20.8. The second-order valence-corrected chi connectivity index (χ2v) is 7.15. The molecule has 0 saturated heterocycles. The molecule has 3 heteroatoms. The minimum Gasteiger partial charge on any atom is -0.481 e. The molecule has 0 heterocycles. The summed E-state index contributed by atoms with van der Waals surface area (Å²) in [4.78, 5) is 21.6. The first-order valence-electron chi connectivity index (χ1n) is 10.5. The van der Waals surface area contributed by atoms with Gasteiger partial charge in [0.15, 0.2) is 0 Å². The van der Waals surface area contributed by atoms with Gasteiger partial charge in [-0.2, -0.15) is 0 Å². The van der Waals surface area contributed by atoms with E-state index in [9.17, 15) is 9.59 Å². The molecule has 0 aromatic carbocycles. The standard InChI is InChI=1S/C22H40O3/c1-2-3-4-5-6-7-8-9-10-11-12-13-14-15-16-17-18-19-21(23)20-22(24)25/h16-17H,2-15,18-20H2,1H3,(H,24,25). The maximum atomic E-state index is 11.2. The van der Waals surface area contributed by atoms with E-state index in [0.29, 0.717) is 12.8 Å². The third-order valence-corrected chi connectivity index (χ3v) is 4.58. The molecule has 0 aromatic heterocycles. The van der Waals surface area contributed by atoms with Crippen molar-refractivity contribution in [3.63, 3.8) is 0 Å². The van der Waals surface area contributed by atoms with E-state index in [1.165, 1.54) is 83.5 Å². The first-order valence-corrected chi connectivity index (χ1v) is 10.5.